The number of azo groups is 1. The van der Waals surface area contributed by atoms with Crippen molar-refractivity contribution < 1.29 is 0 Å². The van der Waals surface area contributed by atoms with E-state index in [1.54, 1.807) is 0 Å². The van der Waals surface area contributed by atoms with Gasteiger partial charge in [0.1, 0.15) is 11.7 Å². The molecular formula is C12H22N6. The lowest BCUT2D eigenvalue weighted by atomic mass is 10.1. The van der Waals surface area contributed by atoms with Crippen molar-refractivity contribution in [1.29, 1.82) is 0 Å². The van der Waals surface area contributed by atoms with Crippen molar-refractivity contribution in [3.63, 3.8) is 0 Å². The van der Waals surface area contributed by atoms with Gasteiger partial charge in [-0.2, -0.15) is 10.2 Å². The van der Waals surface area contributed by atoms with Crippen molar-refractivity contribution in [2.75, 3.05) is 39.3 Å². The lowest BCUT2D eigenvalue weighted by Gasteiger charge is -2.09. The van der Waals surface area contributed by atoms with E-state index in [9.17, 15) is 0 Å². The number of rotatable bonds is 6. The minimum atomic E-state index is 0.341. The number of amidine groups is 2. The molecule has 2 aliphatic rings. The van der Waals surface area contributed by atoms with Gasteiger partial charge in [-0.3, -0.25) is 9.98 Å². The Kier molecular flexibility index (Phi) is 4.66. The lowest BCUT2D eigenvalue weighted by molar-refractivity contribution is 0.674. The summed E-state index contributed by atoms with van der Waals surface area (Å²) in [5, 5.41) is 15.0. The van der Waals surface area contributed by atoms with Gasteiger partial charge >= 0.3 is 0 Å². The van der Waals surface area contributed by atoms with E-state index < -0.39 is 0 Å². The molecule has 0 spiro atoms. The van der Waals surface area contributed by atoms with Crippen LogP contribution in [0.25, 0.3) is 0 Å². The molecule has 0 bridgehead atoms. The van der Waals surface area contributed by atoms with E-state index in [2.05, 4.69) is 44.7 Å². The Bertz CT molecular complexity index is 326. The van der Waals surface area contributed by atoms with Crippen molar-refractivity contribution in [3.05, 3.63) is 0 Å². The summed E-state index contributed by atoms with van der Waals surface area (Å²) in [7, 11) is 0. The molecule has 2 N–H and O–H groups in total. The van der Waals surface area contributed by atoms with Crippen LogP contribution in [0.2, 0.25) is 0 Å². The van der Waals surface area contributed by atoms with Crippen LogP contribution in [-0.2, 0) is 0 Å². The molecule has 2 heterocycles. The van der Waals surface area contributed by atoms with E-state index in [4.69, 9.17) is 0 Å². The van der Waals surface area contributed by atoms with Crippen LogP contribution in [0.3, 0.4) is 0 Å². The fourth-order valence-corrected chi connectivity index (χ4v) is 2.03. The third-order valence-corrected chi connectivity index (χ3v) is 3.14. The molecule has 0 aliphatic carbocycles. The van der Waals surface area contributed by atoms with Crippen molar-refractivity contribution in [1.82, 2.24) is 10.6 Å². The lowest BCUT2D eigenvalue weighted by Crippen LogP contribution is -2.27. The largest absolute Gasteiger partial charge is 0.372 e. The molecule has 0 aromatic rings. The SMILES string of the molecule is CC(CN=NCC(C)C1=NCCN1)C1=NCCN1. The van der Waals surface area contributed by atoms with Gasteiger partial charge in [-0.25, -0.2) is 0 Å². The predicted molar refractivity (Wildman–Crippen MR) is 73.5 cm³/mol. The van der Waals surface area contributed by atoms with Crippen LogP contribution in [0.4, 0.5) is 0 Å². The molecule has 2 atom stereocenters. The molecule has 18 heavy (non-hydrogen) atoms. The standard InChI is InChI=1S/C12H22N6/c1-9(11-13-3-4-14-11)7-17-18-8-10(2)12-15-5-6-16-12/h9-10H,3-8H2,1-2H3,(H,13,14)(H,15,16). The Morgan fingerprint density at radius 1 is 0.944 bits per heavy atom. The molecule has 6 nitrogen and oxygen atoms in total. The van der Waals surface area contributed by atoms with E-state index in [-0.39, 0.29) is 0 Å². The number of hydrogen-bond donors (Lipinski definition) is 2. The minimum absolute atomic E-state index is 0.341. The maximum absolute atomic E-state index is 4.39. The van der Waals surface area contributed by atoms with E-state index in [0.717, 1.165) is 37.9 Å². The van der Waals surface area contributed by atoms with Crippen LogP contribution in [0, 0.1) is 11.8 Å². The first kappa shape index (κ1) is 13.0. The molecule has 0 radical (unpaired) electrons. The van der Waals surface area contributed by atoms with Crippen molar-refractivity contribution in [2.45, 2.75) is 13.8 Å². The Hall–Kier alpha value is -1.46. The van der Waals surface area contributed by atoms with Gasteiger partial charge in [0, 0.05) is 24.9 Å². The zero-order valence-corrected chi connectivity index (χ0v) is 11.2. The molecule has 0 fully saturated rings. The Balaban J connectivity index is 1.68. The molecule has 0 saturated heterocycles. The highest BCUT2D eigenvalue weighted by Crippen LogP contribution is 2.04. The molecule has 6 heteroatoms. The first-order valence-electron chi connectivity index (χ1n) is 6.67. The summed E-state index contributed by atoms with van der Waals surface area (Å²) in [4.78, 5) is 8.77. The zero-order valence-electron chi connectivity index (χ0n) is 11.2. The molecule has 2 aliphatic heterocycles. The second-order valence-electron chi connectivity index (χ2n) is 4.84. The number of nitrogens with one attached hydrogen (secondary N) is 2. The zero-order chi connectivity index (χ0) is 12.8. The molecular weight excluding hydrogens is 228 g/mol. The first-order chi connectivity index (χ1) is 8.77. The van der Waals surface area contributed by atoms with E-state index in [0.29, 0.717) is 24.9 Å². The van der Waals surface area contributed by atoms with Crippen LogP contribution in [-0.4, -0.2) is 50.9 Å². The second kappa shape index (κ2) is 6.47. The molecule has 2 unspecified atom stereocenters. The van der Waals surface area contributed by atoms with Gasteiger partial charge in [-0.15, -0.1) is 0 Å². The molecule has 100 valence electrons. The Morgan fingerprint density at radius 3 is 1.72 bits per heavy atom. The predicted octanol–water partition coefficient (Wildman–Crippen LogP) is 0.714. The number of aliphatic imine (C=N–C) groups is 2. The van der Waals surface area contributed by atoms with E-state index >= 15 is 0 Å². The van der Waals surface area contributed by atoms with Crippen molar-refractivity contribution >= 4 is 11.7 Å². The highest BCUT2D eigenvalue weighted by Gasteiger charge is 2.14. The summed E-state index contributed by atoms with van der Waals surface area (Å²) >= 11 is 0. The van der Waals surface area contributed by atoms with E-state index in [1.807, 2.05) is 0 Å². The second-order valence-corrected chi connectivity index (χ2v) is 4.84. The summed E-state index contributed by atoms with van der Waals surface area (Å²) in [6.45, 7) is 9.36. The first-order valence-corrected chi connectivity index (χ1v) is 6.67. The highest BCUT2D eigenvalue weighted by molar-refractivity contribution is 5.86. The van der Waals surface area contributed by atoms with Crippen LogP contribution >= 0.6 is 0 Å². The van der Waals surface area contributed by atoms with Gasteiger partial charge < -0.3 is 10.6 Å². The highest BCUT2D eigenvalue weighted by atomic mass is 15.1. The third-order valence-electron chi connectivity index (χ3n) is 3.14. The third kappa shape index (κ3) is 3.51. The summed E-state index contributed by atoms with van der Waals surface area (Å²) in [6, 6.07) is 0. The Labute approximate surface area is 108 Å². The molecule has 0 saturated carbocycles. The van der Waals surface area contributed by atoms with Crippen LogP contribution in [0.5, 0.6) is 0 Å². The summed E-state index contributed by atoms with van der Waals surface area (Å²) < 4.78 is 0. The normalized spacial score (nSPS) is 22.3. The number of nitrogens with zero attached hydrogens (tertiary/aromatic N) is 4. The van der Waals surface area contributed by atoms with Crippen molar-refractivity contribution in [3.8, 4) is 0 Å². The summed E-state index contributed by atoms with van der Waals surface area (Å²) in [5.74, 6) is 2.83. The average molecular weight is 250 g/mol. The average Bonchev–Trinajstić information content (AvgIpc) is 3.05. The van der Waals surface area contributed by atoms with Gasteiger partial charge in [0.05, 0.1) is 26.2 Å². The van der Waals surface area contributed by atoms with Gasteiger partial charge in [-0.05, 0) is 0 Å². The van der Waals surface area contributed by atoms with Gasteiger partial charge in [0.2, 0.25) is 0 Å². The quantitative estimate of drug-likeness (QED) is 0.681. The summed E-state index contributed by atoms with van der Waals surface area (Å²) in [5.41, 5.74) is 0. The molecule has 0 amide bonds. The van der Waals surface area contributed by atoms with Crippen LogP contribution in [0.15, 0.2) is 20.2 Å². The fourth-order valence-electron chi connectivity index (χ4n) is 2.03. The number of hydrogen-bond acceptors (Lipinski definition) is 6. The molecule has 0 aromatic carbocycles. The minimum Gasteiger partial charge on any atom is -0.372 e. The maximum atomic E-state index is 4.39. The van der Waals surface area contributed by atoms with E-state index in [1.165, 1.54) is 0 Å². The van der Waals surface area contributed by atoms with Gasteiger partial charge in [0.25, 0.3) is 0 Å². The molecule has 2 rings (SSSR count). The van der Waals surface area contributed by atoms with Gasteiger partial charge in [-0.1, -0.05) is 13.8 Å². The molecule has 0 aromatic heterocycles. The van der Waals surface area contributed by atoms with Gasteiger partial charge in [0.15, 0.2) is 0 Å². The van der Waals surface area contributed by atoms with Crippen molar-refractivity contribution in [2.24, 2.45) is 32.0 Å². The topological polar surface area (TPSA) is 73.5 Å². The van der Waals surface area contributed by atoms with Crippen LogP contribution in [0.1, 0.15) is 13.8 Å². The maximum Gasteiger partial charge on any atom is 0.101 e. The van der Waals surface area contributed by atoms with Crippen LogP contribution < -0.4 is 10.6 Å². The smallest absolute Gasteiger partial charge is 0.101 e. The fraction of sp³-hybridized carbons (Fsp3) is 0.833. The Morgan fingerprint density at radius 2 is 1.39 bits per heavy atom. The summed E-state index contributed by atoms with van der Waals surface area (Å²) in [6.07, 6.45) is 0. The monoisotopic (exact) mass is 250 g/mol.